The van der Waals surface area contributed by atoms with Crippen LogP contribution in [0.3, 0.4) is 0 Å². The first-order chi connectivity index (χ1) is 4.16. The molecule has 0 aliphatic heterocycles. The minimum atomic E-state index is -1.88. The Morgan fingerprint density at radius 3 is 2.22 bits per heavy atom. The SMILES string of the molecule is O=C(O)OOC(=O)OF. The highest BCUT2D eigenvalue weighted by molar-refractivity contribution is 5.61. The molecule has 0 saturated carbocycles. The van der Waals surface area contributed by atoms with Gasteiger partial charge >= 0.3 is 12.3 Å². The van der Waals surface area contributed by atoms with Gasteiger partial charge in [0, 0.05) is 4.53 Å². The molecule has 0 heterocycles. The van der Waals surface area contributed by atoms with Crippen molar-refractivity contribution in [1.82, 2.24) is 0 Å². The first kappa shape index (κ1) is 7.47. The highest BCUT2D eigenvalue weighted by Crippen LogP contribution is 1.86. The van der Waals surface area contributed by atoms with Crippen molar-refractivity contribution in [3.8, 4) is 0 Å². The molecule has 52 valence electrons. The molecule has 0 unspecified atom stereocenters. The normalized spacial score (nSPS) is 7.67. The highest BCUT2D eigenvalue weighted by Gasteiger charge is 2.08. The molecule has 0 atom stereocenters. The molecular formula is C2HFO6. The van der Waals surface area contributed by atoms with Crippen LogP contribution in [-0.4, -0.2) is 17.4 Å². The quantitative estimate of drug-likeness (QED) is 0.392. The second kappa shape index (κ2) is 3.47. The lowest BCUT2D eigenvalue weighted by molar-refractivity contribution is -0.240. The first-order valence-corrected chi connectivity index (χ1v) is 1.57. The molecule has 7 heteroatoms. The van der Waals surface area contributed by atoms with Gasteiger partial charge in [0.1, 0.15) is 0 Å². The summed E-state index contributed by atoms with van der Waals surface area (Å²) in [6.45, 7) is 0. The third-order valence-electron chi connectivity index (χ3n) is 0.244. The zero-order chi connectivity index (χ0) is 7.28. The summed E-state index contributed by atoms with van der Waals surface area (Å²) >= 11 is 0. The van der Waals surface area contributed by atoms with Crippen LogP contribution in [0.4, 0.5) is 14.1 Å². The number of hydrogen-bond donors (Lipinski definition) is 1. The number of rotatable bonds is 0. The summed E-state index contributed by atoms with van der Waals surface area (Å²) in [5, 5.41) is 7.58. The van der Waals surface area contributed by atoms with E-state index in [0.29, 0.717) is 0 Å². The maximum atomic E-state index is 10.6. The predicted octanol–water partition coefficient (Wildman–Crippen LogP) is 0.634. The average Bonchev–Trinajstić information content (AvgIpc) is 1.83. The predicted molar refractivity (Wildman–Crippen MR) is 17.8 cm³/mol. The molecule has 6 nitrogen and oxygen atoms in total. The summed E-state index contributed by atoms with van der Waals surface area (Å²) in [5.74, 6) is 0. The first-order valence-electron chi connectivity index (χ1n) is 1.57. The number of carboxylic acid groups (broad SMARTS) is 1. The summed E-state index contributed by atoms with van der Waals surface area (Å²) in [6.07, 6.45) is -3.75. The number of halogens is 1. The zero-order valence-corrected chi connectivity index (χ0v) is 3.87. The van der Waals surface area contributed by atoms with Crippen LogP contribution in [0.5, 0.6) is 0 Å². The Labute approximate surface area is 47.6 Å². The van der Waals surface area contributed by atoms with Gasteiger partial charge in [-0.25, -0.2) is 9.74 Å². The van der Waals surface area contributed by atoms with E-state index in [2.05, 4.69) is 14.7 Å². The summed E-state index contributed by atoms with van der Waals surface area (Å²) in [4.78, 5) is 27.4. The van der Waals surface area contributed by atoms with Crippen molar-refractivity contribution in [3.63, 3.8) is 0 Å². The van der Waals surface area contributed by atoms with E-state index in [-0.39, 0.29) is 0 Å². The van der Waals surface area contributed by atoms with E-state index in [0.717, 1.165) is 0 Å². The molecule has 0 radical (unpaired) electrons. The molecule has 0 fully saturated rings. The summed E-state index contributed by atoms with van der Waals surface area (Å²) in [7, 11) is 0. The van der Waals surface area contributed by atoms with Crippen LogP contribution in [0, 0.1) is 0 Å². The van der Waals surface area contributed by atoms with Gasteiger partial charge in [0.15, 0.2) is 0 Å². The summed E-state index contributed by atoms with van der Waals surface area (Å²) in [6, 6.07) is 0. The fourth-order valence-corrected chi connectivity index (χ4v) is 0.0825. The van der Waals surface area contributed by atoms with Gasteiger partial charge in [0.05, 0.1) is 0 Å². The van der Waals surface area contributed by atoms with Crippen molar-refractivity contribution in [2.24, 2.45) is 0 Å². The van der Waals surface area contributed by atoms with E-state index in [9.17, 15) is 14.1 Å². The average molecular weight is 140 g/mol. The molecular weight excluding hydrogens is 139 g/mol. The van der Waals surface area contributed by atoms with Crippen molar-refractivity contribution < 1.29 is 33.9 Å². The van der Waals surface area contributed by atoms with Crippen LogP contribution in [0.25, 0.3) is 0 Å². The standard InChI is InChI=1S/C2HFO6/c3-7-2(6)9-8-1(4)5/h(H,4,5). The number of carbonyl (C=O) groups excluding carboxylic acids is 1. The Bertz CT molecular complexity index is 120. The lowest BCUT2D eigenvalue weighted by Crippen LogP contribution is -2.07. The Kier molecular flexibility index (Phi) is 2.88. The molecule has 0 aliphatic rings. The maximum absolute atomic E-state index is 10.6. The van der Waals surface area contributed by atoms with Crippen LogP contribution in [0.15, 0.2) is 0 Å². The van der Waals surface area contributed by atoms with Crippen molar-refractivity contribution in [2.45, 2.75) is 0 Å². The second-order valence-corrected chi connectivity index (χ2v) is 0.760. The van der Waals surface area contributed by atoms with Crippen LogP contribution in [-0.2, 0) is 14.7 Å². The van der Waals surface area contributed by atoms with Gasteiger partial charge in [-0.2, -0.15) is 14.6 Å². The third-order valence-corrected chi connectivity index (χ3v) is 0.244. The van der Waals surface area contributed by atoms with E-state index in [1.165, 1.54) is 0 Å². The van der Waals surface area contributed by atoms with Gasteiger partial charge in [0.2, 0.25) is 0 Å². The molecule has 0 rings (SSSR count). The van der Waals surface area contributed by atoms with E-state index in [4.69, 9.17) is 5.11 Å². The summed E-state index contributed by atoms with van der Waals surface area (Å²) in [5.41, 5.74) is 0. The van der Waals surface area contributed by atoms with Gasteiger partial charge in [-0.3, -0.25) is 0 Å². The van der Waals surface area contributed by atoms with Crippen LogP contribution >= 0.6 is 0 Å². The van der Waals surface area contributed by atoms with Gasteiger partial charge in [-0.05, 0) is 0 Å². The third kappa shape index (κ3) is 4.32. The Morgan fingerprint density at radius 2 is 1.89 bits per heavy atom. The minimum absolute atomic E-state index is 1.87. The molecule has 0 saturated heterocycles. The Hall–Kier alpha value is -1.53. The van der Waals surface area contributed by atoms with E-state index in [1.807, 2.05) is 0 Å². The minimum Gasteiger partial charge on any atom is -0.447 e. The zero-order valence-electron chi connectivity index (χ0n) is 3.87. The van der Waals surface area contributed by atoms with Crippen LogP contribution in [0.1, 0.15) is 0 Å². The molecule has 0 aromatic rings. The lowest BCUT2D eigenvalue weighted by atomic mass is 11.4. The van der Waals surface area contributed by atoms with Crippen molar-refractivity contribution >= 4 is 12.3 Å². The van der Waals surface area contributed by atoms with Crippen LogP contribution in [0.2, 0.25) is 0 Å². The fourth-order valence-electron chi connectivity index (χ4n) is 0.0825. The molecule has 0 bridgehead atoms. The fraction of sp³-hybridized carbons (Fsp3) is 0. The second-order valence-electron chi connectivity index (χ2n) is 0.760. The van der Waals surface area contributed by atoms with Gasteiger partial charge in [0.25, 0.3) is 0 Å². The molecule has 0 amide bonds. The number of hydrogen-bond acceptors (Lipinski definition) is 5. The van der Waals surface area contributed by atoms with E-state index < -0.39 is 12.3 Å². The van der Waals surface area contributed by atoms with Gasteiger partial charge in [-0.1, -0.05) is 0 Å². The topological polar surface area (TPSA) is 82.1 Å². The molecule has 0 aromatic carbocycles. The number of carbonyl (C=O) groups is 2. The monoisotopic (exact) mass is 140 g/mol. The molecule has 9 heavy (non-hydrogen) atoms. The van der Waals surface area contributed by atoms with Crippen molar-refractivity contribution in [1.29, 1.82) is 0 Å². The highest BCUT2D eigenvalue weighted by atomic mass is 19.3. The van der Waals surface area contributed by atoms with Gasteiger partial charge in [-0.15, -0.1) is 0 Å². The van der Waals surface area contributed by atoms with E-state index >= 15 is 0 Å². The lowest BCUT2D eigenvalue weighted by Gasteiger charge is -1.91. The smallest absolute Gasteiger partial charge is 0.447 e. The molecule has 0 aliphatic carbocycles. The Balaban J connectivity index is 3.28. The summed E-state index contributed by atoms with van der Waals surface area (Å²) < 4.78 is 10.6. The van der Waals surface area contributed by atoms with Crippen LogP contribution < -0.4 is 0 Å². The largest absolute Gasteiger partial charge is 0.587 e. The maximum Gasteiger partial charge on any atom is 0.587 e. The van der Waals surface area contributed by atoms with E-state index in [1.54, 1.807) is 0 Å². The van der Waals surface area contributed by atoms with Gasteiger partial charge < -0.3 is 5.11 Å². The molecule has 1 N–H and O–H groups in total. The molecule has 0 spiro atoms. The van der Waals surface area contributed by atoms with Crippen molar-refractivity contribution in [2.75, 3.05) is 0 Å². The van der Waals surface area contributed by atoms with Crippen molar-refractivity contribution in [3.05, 3.63) is 0 Å². The Morgan fingerprint density at radius 1 is 1.33 bits per heavy atom. The molecule has 0 aromatic heterocycles.